The van der Waals surface area contributed by atoms with Gasteiger partial charge in [-0.15, -0.1) is 0 Å². The monoisotopic (exact) mass is 293 g/mol. The minimum Gasteiger partial charge on any atom is -0.399 e. The molecule has 0 heterocycles. The van der Waals surface area contributed by atoms with Gasteiger partial charge in [0.1, 0.15) is 0 Å². The summed E-state index contributed by atoms with van der Waals surface area (Å²) in [5, 5.41) is 1.50. The van der Waals surface area contributed by atoms with Crippen molar-refractivity contribution in [1.82, 2.24) is 9.62 Å². The lowest BCUT2D eigenvalue weighted by atomic mass is 10.1. The highest BCUT2D eigenvalue weighted by Crippen LogP contribution is 2.24. The average Bonchev–Trinajstić information content (AvgIpc) is 2.36. The minimum atomic E-state index is -3.51. The summed E-state index contributed by atoms with van der Waals surface area (Å²) in [5.41, 5.74) is 6.34. The van der Waals surface area contributed by atoms with Crippen LogP contribution in [0.4, 0.5) is 5.69 Å². The summed E-state index contributed by atoms with van der Waals surface area (Å²) in [4.78, 5) is 2.21. The Kier molecular flexibility index (Phi) is 4.27. The van der Waals surface area contributed by atoms with Crippen molar-refractivity contribution >= 4 is 26.5 Å². The van der Waals surface area contributed by atoms with Crippen molar-refractivity contribution in [3.63, 3.8) is 0 Å². The molecule has 0 aliphatic rings. The minimum absolute atomic E-state index is 0.286. The van der Waals surface area contributed by atoms with Crippen molar-refractivity contribution < 1.29 is 8.42 Å². The summed E-state index contributed by atoms with van der Waals surface area (Å²) in [6, 6.07) is 10.4. The van der Waals surface area contributed by atoms with Crippen LogP contribution in [0.15, 0.2) is 41.3 Å². The maximum atomic E-state index is 12.4. The number of hydrogen-bond acceptors (Lipinski definition) is 4. The van der Waals surface area contributed by atoms with Gasteiger partial charge in [0.15, 0.2) is 0 Å². The van der Waals surface area contributed by atoms with Gasteiger partial charge in [0, 0.05) is 24.2 Å². The Morgan fingerprint density at radius 3 is 2.65 bits per heavy atom. The summed E-state index contributed by atoms with van der Waals surface area (Å²) in [7, 11) is 0.283. The lowest BCUT2D eigenvalue weighted by molar-refractivity contribution is 0.412. The third kappa shape index (κ3) is 3.27. The zero-order valence-corrected chi connectivity index (χ0v) is 12.4. The maximum Gasteiger partial charge on any atom is 0.241 e. The second-order valence-electron chi connectivity index (χ2n) is 4.94. The SMILES string of the molecule is CN(C)CCNS(=O)(=O)c1cccc2cc(N)ccc12. The molecule has 0 saturated heterocycles. The lowest BCUT2D eigenvalue weighted by Crippen LogP contribution is -2.31. The van der Waals surface area contributed by atoms with Gasteiger partial charge in [-0.3, -0.25) is 0 Å². The number of nitrogens with one attached hydrogen (secondary N) is 1. The summed E-state index contributed by atoms with van der Waals surface area (Å²) >= 11 is 0. The smallest absolute Gasteiger partial charge is 0.241 e. The Hall–Kier alpha value is -1.63. The highest BCUT2D eigenvalue weighted by atomic mass is 32.2. The highest BCUT2D eigenvalue weighted by molar-refractivity contribution is 7.89. The Morgan fingerprint density at radius 1 is 1.20 bits per heavy atom. The number of nitrogens with zero attached hydrogens (tertiary/aromatic N) is 1. The fourth-order valence-electron chi connectivity index (χ4n) is 1.99. The van der Waals surface area contributed by atoms with Crippen molar-refractivity contribution in [3.8, 4) is 0 Å². The first kappa shape index (κ1) is 14.8. The molecule has 2 rings (SSSR count). The van der Waals surface area contributed by atoms with E-state index in [1.807, 2.05) is 25.1 Å². The predicted molar refractivity (Wildman–Crippen MR) is 82.1 cm³/mol. The first-order valence-corrected chi connectivity index (χ1v) is 7.81. The molecule has 0 fully saturated rings. The fourth-order valence-corrected chi connectivity index (χ4v) is 3.24. The number of nitrogens with two attached hydrogens (primary N) is 1. The van der Waals surface area contributed by atoms with Crippen LogP contribution in [-0.4, -0.2) is 40.5 Å². The number of fused-ring (bicyclic) bond motifs is 1. The van der Waals surface area contributed by atoms with E-state index in [1.165, 1.54) is 0 Å². The number of anilines is 1. The van der Waals surface area contributed by atoms with Crippen molar-refractivity contribution in [2.75, 3.05) is 32.9 Å². The highest BCUT2D eigenvalue weighted by Gasteiger charge is 2.16. The average molecular weight is 293 g/mol. The van der Waals surface area contributed by atoms with Gasteiger partial charge < -0.3 is 10.6 Å². The van der Waals surface area contributed by atoms with Gasteiger partial charge in [-0.1, -0.05) is 18.2 Å². The van der Waals surface area contributed by atoms with E-state index in [-0.39, 0.29) is 4.90 Å². The molecule has 5 nitrogen and oxygen atoms in total. The van der Waals surface area contributed by atoms with Crippen molar-refractivity contribution in [1.29, 1.82) is 0 Å². The number of likely N-dealkylation sites (N-methyl/N-ethyl adjacent to an activating group) is 1. The number of hydrogen-bond donors (Lipinski definition) is 2. The van der Waals surface area contributed by atoms with Crippen molar-refractivity contribution in [2.45, 2.75) is 4.90 Å². The van der Waals surface area contributed by atoms with Crippen LogP contribution in [-0.2, 0) is 10.0 Å². The summed E-state index contributed by atoms with van der Waals surface area (Å²) < 4.78 is 27.3. The largest absolute Gasteiger partial charge is 0.399 e. The molecule has 0 atom stereocenters. The van der Waals surface area contributed by atoms with E-state index in [2.05, 4.69) is 4.72 Å². The normalized spacial score (nSPS) is 12.2. The van der Waals surface area contributed by atoms with Crippen LogP contribution >= 0.6 is 0 Å². The molecule has 0 radical (unpaired) electrons. The Labute approximate surface area is 119 Å². The van der Waals surface area contributed by atoms with Crippen LogP contribution in [0.1, 0.15) is 0 Å². The number of sulfonamides is 1. The third-order valence-electron chi connectivity index (χ3n) is 3.01. The molecule has 0 aliphatic carbocycles. The zero-order chi connectivity index (χ0) is 14.8. The quantitative estimate of drug-likeness (QED) is 0.814. The van der Waals surface area contributed by atoms with Gasteiger partial charge in [0.2, 0.25) is 10.0 Å². The molecule has 6 heteroatoms. The molecule has 0 unspecified atom stereocenters. The second kappa shape index (κ2) is 5.78. The van der Waals surface area contributed by atoms with Gasteiger partial charge in [-0.25, -0.2) is 13.1 Å². The molecule has 0 saturated carbocycles. The molecule has 2 aromatic carbocycles. The van der Waals surface area contributed by atoms with Crippen LogP contribution in [0.25, 0.3) is 10.8 Å². The molecule has 0 bridgehead atoms. The number of rotatable bonds is 5. The van der Waals surface area contributed by atoms with Gasteiger partial charge in [0.25, 0.3) is 0 Å². The summed E-state index contributed by atoms with van der Waals surface area (Å²) in [6.45, 7) is 1.03. The fraction of sp³-hybridized carbons (Fsp3) is 0.286. The molecular weight excluding hydrogens is 274 g/mol. The maximum absolute atomic E-state index is 12.4. The van der Waals surface area contributed by atoms with E-state index in [0.29, 0.717) is 24.2 Å². The predicted octanol–water partition coefficient (Wildman–Crippen LogP) is 1.26. The Morgan fingerprint density at radius 2 is 1.95 bits per heavy atom. The standard InChI is InChI=1S/C14H19N3O2S/c1-17(2)9-8-16-20(18,19)14-5-3-4-11-10-12(15)6-7-13(11)14/h3-7,10,16H,8-9,15H2,1-2H3. The van der Waals surface area contributed by atoms with Crippen LogP contribution in [0.5, 0.6) is 0 Å². The molecule has 0 amide bonds. The van der Waals surface area contributed by atoms with Gasteiger partial charge >= 0.3 is 0 Å². The van der Waals surface area contributed by atoms with Crippen molar-refractivity contribution in [3.05, 3.63) is 36.4 Å². The van der Waals surface area contributed by atoms with E-state index in [0.717, 1.165) is 5.39 Å². The Bertz CT molecular complexity index is 711. The third-order valence-corrected chi connectivity index (χ3v) is 4.52. The van der Waals surface area contributed by atoms with E-state index in [1.54, 1.807) is 30.3 Å². The van der Waals surface area contributed by atoms with Gasteiger partial charge in [0.05, 0.1) is 4.90 Å². The van der Waals surface area contributed by atoms with Crippen LogP contribution in [0, 0.1) is 0 Å². The lowest BCUT2D eigenvalue weighted by Gasteiger charge is -2.12. The van der Waals surface area contributed by atoms with Crippen LogP contribution in [0.2, 0.25) is 0 Å². The van der Waals surface area contributed by atoms with Crippen LogP contribution < -0.4 is 10.5 Å². The Balaban J connectivity index is 2.36. The molecule has 3 N–H and O–H groups in total. The zero-order valence-electron chi connectivity index (χ0n) is 11.6. The van der Waals surface area contributed by atoms with E-state index < -0.39 is 10.0 Å². The molecule has 0 spiro atoms. The second-order valence-corrected chi connectivity index (χ2v) is 6.67. The van der Waals surface area contributed by atoms with Gasteiger partial charge in [-0.05, 0) is 37.7 Å². The van der Waals surface area contributed by atoms with Crippen molar-refractivity contribution in [2.24, 2.45) is 0 Å². The molecule has 108 valence electrons. The van der Waals surface area contributed by atoms with Crippen LogP contribution in [0.3, 0.4) is 0 Å². The summed E-state index contributed by atoms with van der Waals surface area (Å²) in [5.74, 6) is 0. The number of nitrogen functional groups attached to an aromatic ring is 1. The molecule has 0 aliphatic heterocycles. The summed E-state index contributed by atoms with van der Waals surface area (Å²) in [6.07, 6.45) is 0. The molecular formula is C14H19N3O2S. The van der Waals surface area contributed by atoms with E-state index in [9.17, 15) is 8.42 Å². The topological polar surface area (TPSA) is 75.4 Å². The van der Waals surface area contributed by atoms with Gasteiger partial charge in [-0.2, -0.15) is 0 Å². The molecule has 20 heavy (non-hydrogen) atoms. The first-order valence-electron chi connectivity index (χ1n) is 6.33. The molecule has 0 aromatic heterocycles. The number of benzene rings is 2. The molecule has 2 aromatic rings. The van der Waals surface area contributed by atoms with E-state index >= 15 is 0 Å². The van der Waals surface area contributed by atoms with E-state index in [4.69, 9.17) is 5.73 Å². The first-order chi connectivity index (χ1) is 9.40.